The predicted octanol–water partition coefficient (Wildman–Crippen LogP) is 1.34. The first-order valence-corrected chi connectivity index (χ1v) is 6.96. The second kappa shape index (κ2) is 4.82. The molecule has 0 amide bonds. The van der Waals surface area contributed by atoms with Gasteiger partial charge in [-0.25, -0.2) is 0 Å². The van der Waals surface area contributed by atoms with Crippen molar-refractivity contribution in [3.8, 4) is 0 Å². The fourth-order valence-electron chi connectivity index (χ4n) is 2.82. The molecule has 21 heavy (non-hydrogen) atoms. The van der Waals surface area contributed by atoms with Crippen LogP contribution in [0.4, 0.5) is 5.69 Å². The molecule has 0 saturated carbocycles. The number of aromatic nitrogens is 4. The van der Waals surface area contributed by atoms with Crippen molar-refractivity contribution in [1.29, 1.82) is 0 Å². The van der Waals surface area contributed by atoms with E-state index < -0.39 is 0 Å². The summed E-state index contributed by atoms with van der Waals surface area (Å²) in [7, 11) is 0. The maximum atomic E-state index is 9.44. The van der Waals surface area contributed by atoms with Gasteiger partial charge < -0.3 is 14.6 Å². The molecule has 0 saturated heterocycles. The summed E-state index contributed by atoms with van der Waals surface area (Å²) < 4.78 is 2.08. The average molecular weight is 281 g/mol. The molecule has 0 atom stereocenters. The number of anilines is 1. The summed E-state index contributed by atoms with van der Waals surface area (Å²) in [5.74, 6) is 0.965. The van der Waals surface area contributed by atoms with E-state index in [0.717, 1.165) is 42.0 Å². The van der Waals surface area contributed by atoms with Crippen LogP contribution >= 0.6 is 0 Å². The molecule has 1 aromatic carbocycles. The summed E-state index contributed by atoms with van der Waals surface area (Å²) in [6.45, 7) is 2.43. The molecule has 3 aromatic rings. The average Bonchev–Trinajstić information content (AvgIpc) is 3.01. The summed E-state index contributed by atoms with van der Waals surface area (Å²) in [5, 5.41) is 18.7. The quantitative estimate of drug-likeness (QED) is 0.767. The molecule has 1 aliphatic rings. The zero-order valence-corrected chi connectivity index (χ0v) is 11.5. The van der Waals surface area contributed by atoms with Gasteiger partial charge in [-0.3, -0.25) is 4.98 Å². The minimum atomic E-state index is -0.0537. The number of nitrogens with zero attached hydrogens (tertiary/aromatic N) is 5. The third-order valence-corrected chi connectivity index (χ3v) is 3.89. The van der Waals surface area contributed by atoms with Gasteiger partial charge in [-0.1, -0.05) is 18.2 Å². The van der Waals surface area contributed by atoms with E-state index in [1.165, 1.54) is 0 Å². The minimum absolute atomic E-state index is 0.0537. The highest BCUT2D eigenvalue weighted by atomic mass is 16.3. The number of pyridine rings is 1. The molecule has 4 rings (SSSR count). The highest BCUT2D eigenvalue weighted by Crippen LogP contribution is 2.29. The lowest BCUT2D eigenvalue weighted by Crippen LogP contribution is -2.33. The molecule has 106 valence electrons. The van der Waals surface area contributed by atoms with Crippen LogP contribution in [-0.4, -0.2) is 31.4 Å². The van der Waals surface area contributed by atoms with E-state index in [1.54, 1.807) is 6.33 Å². The second-order valence-corrected chi connectivity index (χ2v) is 5.17. The maximum absolute atomic E-state index is 9.44. The second-order valence-electron chi connectivity index (χ2n) is 5.17. The minimum Gasteiger partial charge on any atom is -0.390 e. The third kappa shape index (κ3) is 2.04. The molecule has 2 aromatic heterocycles. The van der Waals surface area contributed by atoms with Gasteiger partial charge in [0, 0.05) is 24.2 Å². The number of aliphatic hydroxyl groups excluding tert-OH is 1. The number of benzene rings is 1. The van der Waals surface area contributed by atoms with Crippen molar-refractivity contribution in [2.45, 2.75) is 19.7 Å². The Kier molecular flexibility index (Phi) is 2.82. The van der Waals surface area contributed by atoms with Gasteiger partial charge in [0.1, 0.15) is 6.33 Å². The lowest BCUT2D eigenvalue weighted by Gasteiger charge is -2.30. The molecule has 0 fully saturated rings. The summed E-state index contributed by atoms with van der Waals surface area (Å²) in [6.07, 6.45) is 1.77. The van der Waals surface area contributed by atoms with E-state index in [1.807, 2.05) is 24.3 Å². The fraction of sp³-hybridized carbons (Fsp3) is 0.267. The predicted molar refractivity (Wildman–Crippen MR) is 78.7 cm³/mol. The number of aliphatic hydroxyl groups is 1. The van der Waals surface area contributed by atoms with Gasteiger partial charge in [0.25, 0.3) is 0 Å². The van der Waals surface area contributed by atoms with Gasteiger partial charge in [0.2, 0.25) is 0 Å². The molecule has 0 unspecified atom stereocenters. The van der Waals surface area contributed by atoms with Crippen molar-refractivity contribution in [3.63, 3.8) is 0 Å². The normalized spacial score (nSPS) is 14.4. The van der Waals surface area contributed by atoms with Crippen molar-refractivity contribution in [3.05, 3.63) is 48.2 Å². The largest absolute Gasteiger partial charge is 0.390 e. The van der Waals surface area contributed by atoms with E-state index in [4.69, 9.17) is 0 Å². The fourth-order valence-corrected chi connectivity index (χ4v) is 2.82. The highest BCUT2D eigenvalue weighted by molar-refractivity contribution is 5.92. The Morgan fingerprint density at radius 2 is 2.10 bits per heavy atom. The Balaban J connectivity index is 1.83. The number of para-hydroxylation sites is 1. The topological polar surface area (TPSA) is 67.1 Å². The molecule has 0 aliphatic carbocycles. The Morgan fingerprint density at radius 1 is 1.19 bits per heavy atom. The van der Waals surface area contributed by atoms with Crippen molar-refractivity contribution in [2.24, 2.45) is 0 Å². The maximum Gasteiger partial charge on any atom is 0.152 e. The molecule has 6 heteroatoms. The summed E-state index contributed by atoms with van der Waals surface area (Å²) in [4.78, 5) is 6.74. The lowest BCUT2D eigenvalue weighted by molar-refractivity contribution is 0.277. The van der Waals surface area contributed by atoms with Crippen LogP contribution in [0.15, 0.2) is 36.7 Å². The van der Waals surface area contributed by atoms with Gasteiger partial charge in [0.05, 0.1) is 24.4 Å². The standard InChI is InChI=1S/C15H15N5O/c21-9-11-7-14(12-3-1-2-4-13(12)17-11)19-5-6-20-10-16-18-15(20)8-19/h1-4,7,10,21H,5-6,8-9H2. The van der Waals surface area contributed by atoms with Gasteiger partial charge >= 0.3 is 0 Å². The van der Waals surface area contributed by atoms with Crippen LogP contribution in [0, 0.1) is 0 Å². The van der Waals surface area contributed by atoms with Crippen molar-refractivity contribution in [2.75, 3.05) is 11.4 Å². The number of fused-ring (bicyclic) bond motifs is 2. The summed E-state index contributed by atoms with van der Waals surface area (Å²) in [5.41, 5.74) is 2.70. The Morgan fingerprint density at radius 3 is 3.00 bits per heavy atom. The molecular weight excluding hydrogens is 266 g/mol. The zero-order valence-electron chi connectivity index (χ0n) is 11.5. The first-order valence-electron chi connectivity index (χ1n) is 6.96. The monoisotopic (exact) mass is 281 g/mol. The van der Waals surface area contributed by atoms with Gasteiger partial charge in [-0.15, -0.1) is 10.2 Å². The van der Waals surface area contributed by atoms with Crippen LogP contribution in [0.5, 0.6) is 0 Å². The van der Waals surface area contributed by atoms with Crippen LogP contribution < -0.4 is 4.90 Å². The van der Waals surface area contributed by atoms with Crippen molar-refractivity contribution in [1.82, 2.24) is 19.7 Å². The van der Waals surface area contributed by atoms with E-state index >= 15 is 0 Å². The van der Waals surface area contributed by atoms with E-state index in [9.17, 15) is 5.11 Å². The van der Waals surface area contributed by atoms with Gasteiger partial charge in [-0.05, 0) is 12.1 Å². The van der Waals surface area contributed by atoms with Crippen LogP contribution in [0.25, 0.3) is 10.9 Å². The molecule has 3 heterocycles. The van der Waals surface area contributed by atoms with E-state index in [-0.39, 0.29) is 6.61 Å². The van der Waals surface area contributed by atoms with Crippen LogP contribution in [0.3, 0.4) is 0 Å². The van der Waals surface area contributed by atoms with Crippen molar-refractivity contribution < 1.29 is 5.11 Å². The molecule has 6 nitrogen and oxygen atoms in total. The highest BCUT2D eigenvalue weighted by Gasteiger charge is 2.20. The number of rotatable bonds is 2. The smallest absolute Gasteiger partial charge is 0.152 e. The molecule has 0 bridgehead atoms. The summed E-state index contributed by atoms with van der Waals surface area (Å²) in [6, 6.07) is 9.99. The third-order valence-electron chi connectivity index (χ3n) is 3.89. The molecule has 0 radical (unpaired) electrons. The van der Waals surface area contributed by atoms with Gasteiger partial charge in [0.15, 0.2) is 5.82 Å². The SMILES string of the molecule is OCc1cc(N2CCn3cnnc3C2)c2ccccc2n1. The van der Waals surface area contributed by atoms with Crippen LogP contribution in [-0.2, 0) is 19.7 Å². The molecule has 1 aliphatic heterocycles. The first kappa shape index (κ1) is 12.3. The summed E-state index contributed by atoms with van der Waals surface area (Å²) >= 11 is 0. The molecular formula is C15H15N5O. The Labute approximate surface area is 121 Å². The number of hydrogen-bond acceptors (Lipinski definition) is 5. The van der Waals surface area contributed by atoms with Crippen molar-refractivity contribution >= 4 is 16.6 Å². The lowest BCUT2D eigenvalue weighted by atomic mass is 10.1. The van der Waals surface area contributed by atoms with Gasteiger partial charge in [-0.2, -0.15) is 0 Å². The van der Waals surface area contributed by atoms with Crippen LogP contribution in [0.2, 0.25) is 0 Å². The van der Waals surface area contributed by atoms with E-state index in [0.29, 0.717) is 5.69 Å². The Bertz CT molecular complexity index is 798. The zero-order chi connectivity index (χ0) is 14.2. The first-order chi connectivity index (χ1) is 10.3. The number of hydrogen-bond donors (Lipinski definition) is 1. The molecule has 0 spiro atoms. The van der Waals surface area contributed by atoms with Crippen LogP contribution in [0.1, 0.15) is 11.5 Å². The Hall–Kier alpha value is -2.47. The molecule has 1 N–H and O–H groups in total. The van der Waals surface area contributed by atoms with E-state index in [2.05, 4.69) is 30.7 Å².